The molecule has 0 aliphatic rings. The molecule has 1 aromatic carbocycles. The van der Waals surface area contributed by atoms with Crippen molar-refractivity contribution in [3.63, 3.8) is 0 Å². The van der Waals surface area contributed by atoms with Crippen LogP contribution in [0, 0.1) is 0 Å². The molecule has 0 spiro atoms. The van der Waals surface area contributed by atoms with Crippen molar-refractivity contribution in [1.82, 2.24) is 19.6 Å². The van der Waals surface area contributed by atoms with Crippen LogP contribution < -0.4 is 5.32 Å². The Balaban J connectivity index is 1.42. The molecule has 0 bridgehead atoms. The normalized spacial score (nSPS) is 11.3. The molecule has 1 N–H and O–H groups in total. The zero-order valence-electron chi connectivity index (χ0n) is 14.5. The van der Waals surface area contributed by atoms with Gasteiger partial charge in [-0.1, -0.05) is 18.2 Å². The van der Waals surface area contributed by atoms with Crippen LogP contribution in [0.3, 0.4) is 0 Å². The number of imidazole rings is 1. The van der Waals surface area contributed by atoms with Crippen LogP contribution in [-0.2, 0) is 6.42 Å². The van der Waals surface area contributed by atoms with E-state index in [0.29, 0.717) is 0 Å². The predicted molar refractivity (Wildman–Crippen MR) is 105 cm³/mol. The van der Waals surface area contributed by atoms with Gasteiger partial charge in [-0.15, -0.1) is 5.10 Å². The van der Waals surface area contributed by atoms with Crippen molar-refractivity contribution in [3.05, 3.63) is 78.8 Å². The fraction of sp³-hybridized carbons (Fsp3) is 0.0952. The number of para-hydroxylation sites is 1. The summed E-state index contributed by atoms with van der Waals surface area (Å²) in [6.45, 7) is 0.789. The lowest BCUT2D eigenvalue weighted by Crippen LogP contribution is -2.08. The molecule has 5 rings (SSSR count). The Labute approximate surface area is 155 Å². The average molecular weight is 355 g/mol. The molecule has 4 aromatic heterocycles. The second kappa shape index (κ2) is 6.57. The fourth-order valence-electron chi connectivity index (χ4n) is 3.13. The maximum Gasteiger partial charge on any atom is 0.155 e. The molecule has 0 aliphatic heterocycles. The van der Waals surface area contributed by atoms with E-state index in [9.17, 15) is 0 Å². The van der Waals surface area contributed by atoms with Gasteiger partial charge < -0.3 is 9.73 Å². The minimum absolute atomic E-state index is 0.755. The largest absolute Gasteiger partial charge is 0.454 e. The number of furan rings is 1. The van der Waals surface area contributed by atoms with Crippen molar-refractivity contribution in [2.24, 2.45) is 0 Å². The molecule has 0 amide bonds. The standard InChI is InChI=1S/C21H17N5O/c1-2-4-18-16(3-1)13-19(27-18)17-14-24-21-6-5-20(25-26(17)21)23-12-9-15-7-10-22-11-8-15/h1-8,10-11,13-14H,9,12H2,(H,23,25). The van der Waals surface area contributed by atoms with Gasteiger partial charge in [-0.2, -0.15) is 0 Å². The molecule has 0 aliphatic carbocycles. The molecule has 132 valence electrons. The molecule has 5 aromatic rings. The van der Waals surface area contributed by atoms with Gasteiger partial charge in [0.1, 0.15) is 17.1 Å². The Morgan fingerprint density at radius 3 is 2.78 bits per heavy atom. The van der Waals surface area contributed by atoms with E-state index in [0.717, 1.165) is 46.9 Å². The SMILES string of the molecule is c1ccc2oc(-c3cnc4ccc(NCCc5ccncc5)nn34)cc2c1. The molecule has 6 nitrogen and oxygen atoms in total. The van der Waals surface area contributed by atoms with E-state index in [4.69, 9.17) is 4.42 Å². The van der Waals surface area contributed by atoms with Crippen molar-refractivity contribution in [2.75, 3.05) is 11.9 Å². The first-order valence-electron chi connectivity index (χ1n) is 8.83. The summed E-state index contributed by atoms with van der Waals surface area (Å²) in [5.74, 6) is 1.55. The first kappa shape index (κ1) is 15.6. The first-order chi connectivity index (χ1) is 13.4. The Morgan fingerprint density at radius 1 is 1.00 bits per heavy atom. The van der Waals surface area contributed by atoms with E-state index in [2.05, 4.69) is 20.4 Å². The summed E-state index contributed by atoms with van der Waals surface area (Å²) in [6, 6.07) is 17.9. The van der Waals surface area contributed by atoms with Gasteiger partial charge in [0.25, 0.3) is 0 Å². The Kier molecular flexibility index (Phi) is 3.79. The van der Waals surface area contributed by atoms with Gasteiger partial charge in [0.15, 0.2) is 11.4 Å². The lowest BCUT2D eigenvalue weighted by atomic mass is 10.2. The molecule has 0 fully saturated rings. The maximum atomic E-state index is 5.97. The number of hydrogen-bond acceptors (Lipinski definition) is 5. The van der Waals surface area contributed by atoms with Gasteiger partial charge in [-0.25, -0.2) is 9.50 Å². The second-order valence-electron chi connectivity index (χ2n) is 6.31. The van der Waals surface area contributed by atoms with Crippen molar-refractivity contribution in [1.29, 1.82) is 0 Å². The highest BCUT2D eigenvalue weighted by molar-refractivity contribution is 5.82. The van der Waals surface area contributed by atoms with Gasteiger partial charge in [-0.05, 0) is 48.4 Å². The van der Waals surface area contributed by atoms with Crippen LogP contribution in [0.5, 0.6) is 0 Å². The minimum Gasteiger partial charge on any atom is -0.454 e. The Hall–Kier alpha value is -3.67. The molecule has 0 atom stereocenters. The van der Waals surface area contributed by atoms with E-state index >= 15 is 0 Å². The maximum absolute atomic E-state index is 5.97. The van der Waals surface area contributed by atoms with E-state index < -0.39 is 0 Å². The summed E-state index contributed by atoms with van der Waals surface area (Å²) in [4.78, 5) is 8.48. The van der Waals surface area contributed by atoms with Crippen molar-refractivity contribution in [2.45, 2.75) is 6.42 Å². The molecule has 6 heteroatoms. The topological polar surface area (TPSA) is 68.2 Å². The third-order valence-electron chi connectivity index (χ3n) is 4.51. The van der Waals surface area contributed by atoms with Crippen LogP contribution in [0.1, 0.15) is 5.56 Å². The third kappa shape index (κ3) is 3.01. The third-order valence-corrected chi connectivity index (χ3v) is 4.51. The Bertz CT molecular complexity index is 1180. The highest BCUT2D eigenvalue weighted by atomic mass is 16.3. The molecule has 4 heterocycles. The van der Waals surface area contributed by atoms with E-state index in [-0.39, 0.29) is 0 Å². The van der Waals surface area contributed by atoms with Crippen LogP contribution in [0.15, 0.2) is 77.6 Å². The summed E-state index contributed by atoms with van der Waals surface area (Å²) in [5.41, 5.74) is 3.71. The Morgan fingerprint density at radius 2 is 1.89 bits per heavy atom. The number of rotatable bonds is 5. The minimum atomic E-state index is 0.755. The van der Waals surface area contributed by atoms with Gasteiger partial charge in [0, 0.05) is 24.3 Å². The number of hydrogen-bond donors (Lipinski definition) is 1. The number of benzene rings is 1. The monoisotopic (exact) mass is 355 g/mol. The number of pyridine rings is 1. The van der Waals surface area contributed by atoms with Crippen LogP contribution in [-0.4, -0.2) is 26.1 Å². The summed E-state index contributed by atoms with van der Waals surface area (Å²) in [7, 11) is 0. The molecule has 0 unspecified atom stereocenters. The smallest absolute Gasteiger partial charge is 0.155 e. The highest BCUT2D eigenvalue weighted by Gasteiger charge is 2.12. The van der Waals surface area contributed by atoms with Crippen molar-refractivity contribution < 1.29 is 4.42 Å². The van der Waals surface area contributed by atoms with E-state index in [1.165, 1.54) is 5.56 Å². The van der Waals surface area contributed by atoms with Gasteiger partial charge in [-0.3, -0.25) is 4.98 Å². The quantitative estimate of drug-likeness (QED) is 0.512. The van der Waals surface area contributed by atoms with Crippen LogP contribution in [0.4, 0.5) is 5.82 Å². The predicted octanol–water partition coefficient (Wildman–Crippen LogP) is 4.19. The summed E-state index contributed by atoms with van der Waals surface area (Å²) >= 11 is 0. The number of anilines is 1. The zero-order chi connectivity index (χ0) is 18.1. The van der Waals surface area contributed by atoms with Crippen molar-refractivity contribution in [3.8, 4) is 11.5 Å². The van der Waals surface area contributed by atoms with Gasteiger partial charge in [0.05, 0.1) is 6.20 Å². The molecule has 0 saturated heterocycles. The lowest BCUT2D eigenvalue weighted by molar-refractivity contribution is 0.625. The second-order valence-corrected chi connectivity index (χ2v) is 6.31. The fourth-order valence-corrected chi connectivity index (χ4v) is 3.13. The molecule has 0 saturated carbocycles. The van der Waals surface area contributed by atoms with E-state index in [1.807, 2.05) is 71.5 Å². The number of nitrogens with one attached hydrogen (secondary N) is 1. The lowest BCUT2D eigenvalue weighted by Gasteiger charge is -2.06. The zero-order valence-corrected chi connectivity index (χ0v) is 14.5. The van der Waals surface area contributed by atoms with Gasteiger partial charge >= 0.3 is 0 Å². The van der Waals surface area contributed by atoms with Crippen molar-refractivity contribution >= 4 is 22.4 Å². The summed E-state index contributed by atoms with van der Waals surface area (Å²) in [6.07, 6.45) is 6.32. The van der Waals surface area contributed by atoms with E-state index in [1.54, 1.807) is 6.20 Å². The number of aromatic nitrogens is 4. The highest BCUT2D eigenvalue weighted by Crippen LogP contribution is 2.28. The van der Waals surface area contributed by atoms with Gasteiger partial charge in [0.2, 0.25) is 0 Å². The first-order valence-corrected chi connectivity index (χ1v) is 8.83. The molecule has 27 heavy (non-hydrogen) atoms. The number of fused-ring (bicyclic) bond motifs is 2. The molecule has 0 radical (unpaired) electrons. The summed E-state index contributed by atoms with van der Waals surface area (Å²) < 4.78 is 7.78. The molecular formula is C21H17N5O. The average Bonchev–Trinajstić information content (AvgIpc) is 3.32. The van der Waals surface area contributed by atoms with Crippen LogP contribution >= 0.6 is 0 Å². The van der Waals surface area contributed by atoms with Crippen LogP contribution in [0.25, 0.3) is 28.1 Å². The summed E-state index contributed by atoms with van der Waals surface area (Å²) in [5, 5.41) is 9.12. The van der Waals surface area contributed by atoms with Crippen LogP contribution in [0.2, 0.25) is 0 Å². The molecular weight excluding hydrogens is 338 g/mol. The number of nitrogens with zero attached hydrogens (tertiary/aromatic N) is 4.